The number of hydrogen-bond acceptors (Lipinski definition) is 1. The van der Waals surface area contributed by atoms with Crippen molar-refractivity contribution >= 4 is 10.9 Å². The van der Waals surface area contributed by atoms with Gasteiger partial charge in [0.25, 0.3) is 0 Å². The Hall–Kier alpha value is -1.57. The molecule has 0 saturated heterocycles. The topological polar surface area (TPSA) is 22.0 Å². The number of aryl methyl sites for hydroxylation is 3. The molecular weight excluding hydrogens is 174 g/mol. The van der Waals surface area contributed by atoms with E-state index in [0.717, 1.165) is 29.4 Å². The van der Waals surface area contributed by atoms with Gasteiger partial charge in [-0.1, -0.05) is 12.1 Å². The third kappa shape index (κ3) is 0.830. The molecule has 0 saturated carbocycles. The fourth-order valence-electron chi connectivity index (χ4n) is 2.30. The highest BCUT2D eigenvalue weighted by molar-refractivity contribution is 5.83. The largest absolute Gasteiger partial charge is 0.346 e. The quantitative estimate of drug-likeness (QED) is 0.614. The molecule has 2 aromatic rings. The van der Waals surface area contributed by atoms with Gasteiger partial charge >= 0.3 is 0 Å². The van der Waals surface area contributed by atoms with Gasteiger partial charge in [0, 0.05) is 23.7 Å². The Bertz CT molecular complexity index is 581. The predicted molar refractivity (Wildman–Crippen MR) is 56.6 cm³/mol. The second kappa shape index (κ2) is 2.47. The lowest BCUT2D eigenvalue weighted by Gasteiger charge is -2.05. The van der Waals surface area contributed by atoms with Crippen LogP contribution in [0.2, 0.25) is 0 Å². The molecule has 0 radical (unpaired) electrons. The van der Waals surface area contributed by atoms with Gasteiger partial charge < -0.3 is 4.57 Å². The summed E-state index contributed by atoms with van der Waals surface area (Å²) in [6, 6.07) is 6.02. The van der Waals surface area contributed by atoms with Crippen LogP contribution in [0.3, 0.4) is 0 Å². The summed E-state index contributed by atoms with van der Waals surface area (Å²) in [4.78, 5) is 11.8. The van der Waals surface area contributed by atoms with Crippen molar-refractivity contribution in [3.05, 3.63) is 45.7 Å². The van der Waals surface area contributed by atoms with E-state index in [1.54, 1.807) is 0 Å². The number of rotatable bonds is 0. The van der Waals surface area contributed by atoms with Crippen LogP contribution in [0.1, 0.15) is 11.1 Å². The SMILES string of the molecule is Cc1cn2c3c(cccc3c1=O)CC2. The molecule has 2 nitrogen and oxygen atoms in total. The summed E-state index contributed by atoms with van der Waals surface area (Å²) < 4.78 is 2.20. The van der Waals surface area contributed by atoms with E-state index in [0.29, 0.717) is 0 Å². The maximum atomic E-state index is 11.8. The fourth-order valence-corrected chi connectivity index (χ4v) is 2.30. The average molecular weight is 185 g/mol. The van der Waals surface area contributed by atoms with Gasteiger partial charge in [0.05, 0.1) is 5.52 Å². The number of benzene rings is 1. The molecule has 1 aromatic carbocycles. The van der Waals surface area contributed by atoms with Crippen LogP contribution in [-0.2, 0) is 13.0 Å². The summed E-state index contributed by atoms with van der Waals surface area (Å²) in [7, 11) is 0. The molecule has 2 heterocycles. The molecule has 0 fully saturated rings. The zero-order valence-electron chi connectivity index (χ0n) is 8.08. The Morgan fingerprint density at radius 2 is 2.21 bits per heavy atom. The van der Waals surface area contributed by atoms with Crippen LogP contribution in [0.15, 0.2) is 29.2 Å². The second-order valence-corrected chi connectivity index (χ2v) is 3.90. The van der Waals surface area contributed by atoms with Crippen molar-refractivity contribution in [2.45, 2.75) is 19.9 Å². The highest BCUT2D eigenvalue weighted by Crippen LogP contribution is 2.23. The van der Waals surface area contributed by atoms with Crippen molar-refractivity contribution in [1.82, 2.24) is 4.57 Å². The molecule has 0 spiro atoms. The lowest BCUT2D eigenvalue weighted by Crippen LogP contribution is -2.09. The van der Waals surface area contributed by atoms with Crippen LogP contribution in [0.5, 0.6) is 0 Å². The molecule has 2 heteroatoms. The van der Waals surface area contributed by atoms with Gasteiger partial charge in [0.15, 0.2) is 5.43 Å². The molecule has 3 rings (SSSR count). The molecule has 1 aliphatic rings. The number of nitrogens with zero attached hydrogens (tertiary/aromatic N) is 1. The Morgan fingerprint density at radius 1 is 1.36 bits per heavy atom. The van der Waals surface area contributed by atoms with E-state index >= 15 is 0 Å². The molecule has 0 amide bonds. The van der Waals surface area contributed by atoms with Crippen molar-refractivity contribution < 1.29 is 0 Å². The monoisotopic (exact) mass is 185 g/mol. The standard InChI is InChI=1S/C12H11NO/c1-8-7-13-6-5-9-3-2-4-10(11(9)13)12(8)14/h2-4,7H,5-6H2,1H3. The van der Waals surface area contributed by atoms with E-state index in [-0.39, 0.29) is 5.43 Å². The second-order valence-electron chi connectivity index (χ2n) is 3.90. The Balaban J connectivity index is 2.64. The Morgan fingerprint density at radius 3 is 3.07 bits per heavy atom. The lowest BCUT2D eigenvalue weighted by atomic mass is 10.1. The Kier molecular flexibility index (Phi) is 1.38. The summed E-state index contributed by atoms with van der Waals surface area (Å²) in [6.07, 6.45) is 3.03. The molecule has 1 aromatic heterocycles. The smallest absolute Gasteiger partial charge is 0.192 e. The van der Waals surface area contributed by atoms with Crippen molar-refractivity contribution in [3.63, 3.8) is 0 Å². The molecule has 0 bridgehead atoms. The van der Waals surface area contributed by atoms with E-state index in [4.69, 9.17) is 0 Å². The highest BCUT2D eigenvalue weighted by atomic mass is 16.1. The van der Waals surface area contributed by atoms with E-state index in [9.17, 15) is 4.79 Å². The zero-order valence-corrected chi connectivity index (χ0v) is 8.08. The summed E-state index contributed by atoms with van der Waals surface area (Å²) in [5.41, 5.74) is 3.47. The van der Waals surface area contributed by atoms with Crippen LogP contribution in [0, 0.1) is 6.92 Å². The molecular formula is C12H11NO. The van der Waals surface area contributed by atoms with Gasteiger partial charge in [-0.15, -0.1) is 0 Å². The van der Waals surface area contributed by atoms with E-state index in [1.165, 1.54) is 5.56 Å². The summed E-state index contributed by atoms with van der Waals surface area (Å²) in [6.45, 7) is 2.90. The summed E-state index contributed by atoms with van der Waals surface area (Å²) in [5.74, 6) is 0. The zero-order chi connectivity index (χ0) is 9.71. The minimum Gasteiger partial charge on any atom is -0.346 e. The number of para-hydroxylation sites is 1. The van der Waals surface area contributed by atoms with Gasteiger partial charge in [0.2, 0.25) is 0 Å². The van der Waals surface area contributed by atoms with Crippen LogP contribution in [-0.4, -0.2) is 4.57 Å². The molecule has 0 atom stereocenters. The molecule has 0 aliphatic carbocycles. The van der Waals surface area contributed by atoms with Crippen LogP contribution in [0.25, 0.3) is 10.9 Å². The van der Waals surface area contributed by atoms with Crippen molar-refractivity contribution in [2.75, 3.05) is 0 Å². The highest BCUT2D eigenvalue weighted by Gasteiger charge is 2.14. The number of pyridine rings is 1. The molecule has 1 aliphatic heterocycles. The molecule has 0 unspecified atom stereocenters. The summed E-state index contributed by atoms with van der Waals surface area (Å²) >= 11 is 0. The van der Waals surface area contributed by atoms with E-state index in [2.05, 4.69) is 10.6 Å². The van der Waals surface area contributed by atoms with Gasteiger partial charge in [0.1, 0.15) is 0 Å². The Labute approximate surface area is 81.8 Å². The lowest BCUT2D eigenvalue weighted by molar-refractivity contribution is 0.762. The molecule has 70 valence electrons. The number of hydrogen-bond donors (Lipinski definition) is 0. The van der Waals surface area contributed by atoms with Crippen LogP contribution >= 0.6 is 0 Å². The third-order valence-electron chi connectivity index (χ3n) is 2.98. The predicted octanol–water partition coefficient (Wildman–Crippen LogP) is 1.87. The first-order valence-electron chi connectivity index (χ1n) is 4.89. The van der Waals surface area contributed by atoms with E-state index < -0.39 is 0 Å². The van der Waals surface area contributed by atoms with Gasteiger partial charge in [-0.3, -0.25) is 4.79 Å². The van der Waals surface area contributed by atoms with Crippen molar-refractivity contribution in [1.29, 1.82) is 0 Å². The average Bonchev–Trinajstić information content (AvgIpc) is 2.59. The van der Waals surface area contributed by atoms with Crippen molar-refractivity contribution in [3.8, 4) is 0 Å². The normalized spacial score (nSPS) is 13.8. The minimum atomic E-state index is 0.181. The van der Waals surface area contributed by atoms with Crippen LogP contribution < -0.4 is 5.43 Å². The first-order valence-corrected chi connectivity index (χ1v) is 4.89. The van der Waals surface area contributed by atoms with Gasteiger partial charge in [-0.2, -0.15) is 0 Å². The first kappa shape index (κ1) is 7.80. The summed E-state index contributed by atoms with van der Waals surface area (Å²) in [5, 5.41) is 0.875. The maximum absolute atomic E-state index is 11.8. The third-order valence-corrected chi connectivity index (χ3v) is 2.98. The number of aromatic nitrogens is 1. The molecule has 14 heavy (non-hydrogen) atoms. The van der Waals surface area contributed by atoms with Crippen molar-refractivity contribution in [2.24, 2.45) is 0 Å². The van der Waals surface area contributed by atoms with Gasteiger partial charge in [-0.25, -0.2) is 0 Å². The fraction of sp³-hybridized carbons (Fsp3) is 0.250. The van der Waals surface area contributed by atoms with Crippen LogP contribution in [0.4, 0.5) is 0 Å². The minimum absolute atomic E-state index is 0.181. The maximum Gasteiger partial charge on any atom is 0.192 e. The van der Waals surface area contributed by atoms with Gasteiger partial charge in [-0.05, 0) is 25.0 Å². The van der Waals surface area contributed by atoms with E-state index in [1.807, 2.05) is 25.3 Å². The first-order chi connectivity index (χ1) is 6.77. The molecule has 0 N–H and O–H groups in total.